The second-order valence-electron chi connectivity index (χ2n) is 4.97. The van der Waals surface area contributed by atoms with Gasteiger partial charge in [-0.25, -0.2) is 13.6 Å². The summed E-state index contributed by atoms with van der Waals surface area (Å²) in [5.74, 6) is -0.232. The second-order valence-corrected chi connectivity index (χ2v) is 6.81. The lowest BCUT2D eigenvalue weighted by Gasteiger charge is -2.16. The van der Waals surface area contributed by atoms with E-state index in [0.29, 0.717) is 5.69 Å². The zero-order chi connectivity index (χ0) is 14.5. The number of aromatic amines is 1. The van der Waals surface area contributed by atoms with Crippen LogP contribution in [0.25, 0.3) is 10.9 Å². The summed E-state index contributed by atoms with van der Waals surface area (Å²) in [6.07, 6.45) is -0.0682. The first-order valence-electron chi connectivity index (χ1n) is 6.13. The highest BCUT2D eigenvalue weighted by atomic mass is 32.2. The summed E-state index contributed by atoms with van der Waals surface area (Å²) >= 11 is 0. The fraction of sp³-hybridized carbons (Fsp3) is 0.333. The van der Waals surface area contributed by atoms with Crippen LogP contribution in [0.2, 0.25) is 0 Å². The van der Waals surface area contributed by atoms with Crippen LogP contribution in [0.5, 0.6) is 0 Å². The summed E-state index contributed by atoms with van der Waals surface area (Å²) in [5, 5.41) is 12.2. The molecule has 1 fully saturated rings. The van der Waals surface area contributed by atoms with Crippen LogP contribution in [0.4, 0.5) is 5.69 Å². The molecule has 1 saturated heterocycles. The number of rotatable bonds is 2. The summed E-state index contributed by atoms with van der Waals surface area (Å²) in [6, 6.07) is 5.38. The number of hydrogen-bond donors (Lipinski definition) is 2. The molecule has 20 heavy (non-hydrogen) atoms. The highest BCUT2D eigenvalue weighted by Gasteiger charge is 2.37. The molecule has 106 valence electrons. The number of nitrogens with one attached hydrogen (secondary N) is 1. The van der Waals surface area contributed by atoms with Crippen LogP contribution in [0.15, 0.2) is 18.2 Å². The van der Waals surface area contributed by atoms with Gasteiger partial charge in [0.25, 0.3) is 0 Å². The van der Waals surface area contributed by atoms with Crippen LogP contribution >= 0.6 is 0 Å². The Bertz CT molecular complexity index is 796. The van der Waals surface area contributed by atoms with Crippen LogP contribution in [0.3, 0.4) is 0 Å². The predicted octanol–water partition coefficient (Wildman–Crippen LogP) is 0.265. The van der Waals surface area contributed by atoms with Crippen molar-refractivity contribution in [3.05, 3.63) is 23.9 Å². The van der Waals surface area contributed by atoms with Gasteiger partial charge in [-0.1, -0.05) is 0 Å². The topological polar surface area (TPSA) is 109 Å². The Morgan fingerprint density at radius 2 is 2.20 bits per heavy atom. The Balaban J connectivity index is 1.99. The molecule has 1 unspecified atom stereocenters. The third-order valence-corrected chi connectivity index (χ3v) is 4.84. The van der Waals surface area contributed by atoms with E-state index >= 15 is 0 Å². The van der Waals surface area contributed by atoms with Crippen molar-refractivity contribution in [1.82, 2.24) is 10.2 Å². The molecule has 0 saturated carbocycles. The van der Waals surface area contributed by atoms with E-state index in [1.807, 2.05) is 13.0 Å². The molecule has 3 rings (SSSR count). The molecular weight excluding hydrogens is 280 g/mol. The number of hydrogen-bond acceptors (Lipinski definition) is 4. The van der Waals surface area contributed by atoms with Gasteiger partial charge in [0.15, 0.2) is 0 Å². The fourth-order valence-corrected chi connectivity index (χ4v) is 3.17. The Hall–Kier alpha value is -1.93. The number of carbonyl (C=O) groups is 1. The second kappa shape index (κ2) is 4.29. The first-order chi connectivity index (χ1) is 9.36. The molecule has 0 aliphatic carbocycles. The van der Waals surface area contributed by atoms with E-state index in [4.69, 9.17) is 5.14 Å². The van der Waals surface area contributed by atoms with Gasteiger partial charge in [0.05, 0.1) is 5.52 Å². The van der Waals surface area contributed by atoms with Crippen LogP contribution in [-0.4, -0.2) is 36.3 Å². The van der Waals surface area contributed by atoms with Crippen molar-refractivity contribution in [1.29, 1.82) is 0 Å². The number of fused-ring (bicyclic) bond motifs is 1. The van der Waals surface area contributed by atoms with Gasteiger partial charge >= 0.3 is 0 Å². The molecule has 1 aromatic heterocycles. The molecular formula is C12H14N4O3S. The SMILES string of the molecule is Cc1[nH]nc2ccc(N3CC(S(N)(=O)=O)CC3=O)cc12. The smallest absolute Gasteiger partial charge is 0.228 e. The number of H-pyrrole nitrogens is 1. The summed E-state index contributed by atoms with van der Waals surface area (Å²) in [4.78, 5) is 13.4. The average molecular weight is 294 g/mol. The number of carbonyl (C=O) groups excluding carboxylic acids is 1. The van der Waals surface area contributed by atoms with E-state index in [2.05, 4.69) is 10.2 Å². The molecule has 1 aliphatic heterocycles. The van der Waals surface area contributed by atoms with Crippen molar-refractivity contribution in [2.45, 2.75) is 18.6 Å². The highest BCUT2D eigenvalue weighted by molar-refractivity contribution is 7.89. The number of anilines is 1. The lowest BCUT2D eigenvalue weighted by atomic mass is 10.2. The van der Waals surface area contributed by atoms with E-state index in [1.54, 1.807) is 12.1 Å². The van der Waals surface area contributed by atoms with E-state index in [-0.39, 0.29) is 18.9 Å². The average Bonchev–Trinajstić information content (AvgIpc) is 2.93. The van der Waals surface area contributed by atoms with Gasteiger partial charge in [-0.05, 0) is 25.1 Å². The van der Waals surface area contributed by atoms with Crippen molar-refractivity contribution in [3.8, 4) is 0 Å². The maximum atomic E-state index is 12.0. The molecule has 8 heteroatoms. The van der Waals surface area contributed by atoms with Gasteiger partial charge in [0.2, 0.25) is 15.9 Å². The summed E-state index contributed by atoms with van der Waals surface area (Å²) in [5.41, 5.74) is 2.37. The number of benzene rings is 1. The minimum atomic E-state index is -3.70. The molecule has 0 spiro atoms. The number of aromatic nitrogens is 2. The van der Waals surface area contributed by atoms with Crippen molar-refractivity contribution in [2.24, 2.45) is 5.14 Å². The van der Waals surface area contributed by atoms with Crippen molar-refractivity contribution in [2.75, 3.05) is 11.4 Å². The molecule has 1 atom stereocenters. The third kappa shape index (κ3) is 2.06. The highest BCUT2D eigenvalue weighted by Crippen LogP contribution is 2.27. The minimum absolute atomic E-state index is 0.0682. The van der Waals surface area contributed by atoms with E-state index in [9.17, 15) is 13.2 Å². The van der Waals surface area contributed by atoms with E-state index in [1.165, 1.54) is 4.90 Å². The largest absolute Gasteiger partial charge is 0.311 e. The van der Waals surface area contributed by atoms with Crippen molar-refractivity contribution in [3.63, 3.8) is 0 Å². The molecule has 7 nitrogen and oxygen atoms in total. The van der Waals surface area contributed by atoms with Crippen LogP contribution in [0.1, 0.15) is 12.1 Å². The molecule has 0 bridgehead atoms. The zero-order valence-electron chi connectivity index (χ0n) is 10.8. The van der Waals surface area contributed by atoms with E-state index in [0.717, 1.165) is 16.6 Å². The monoisotopic (exact) mass is 294 g/mol. The number of amides is 1. The van der Waals surface area contributed by atoms with Gasteiger partial charge in [-0.3, -0.25) is 9.89 Å². The van der Waals surface area contributed by atoms with Gasteiger partial charge in [-0.15, -0.1) is 0 Å². The molecule has 2 aromatic rings. The van der Waals surface area contributed by atoms with Crippen LogP contribution < -0.4 is 10.0 Å². The van der Waals surface area contributed by atoms with Gasteiger partial charge in [0.1, 0.15) is 5.25 Å². The molecule has 1 aliphatic rings. The normalized spacial score (nSPS) is 20.0. The summed E-state index contributed by atoms with van der Waals surface area (Å²) < 4.78 is 22.7. The maximum absolute atomic E-state index is 12.0. The molecule has 1 amide bonds. The Kier molecular flexibility index (Phi) is 2.80. The fourth-order valence-electron chi connectivity index (χ4n) is 2.44. The number of nitrogens with zero attached hydrogens (tertiary/aromatic N) is 2. The van der Waals surface area contributed by atoms with Gasteiger partial charge in [0, 0.05) is 29.7 Å². The van der Waals surface area contributed by atoms with Crippen molar-refractivity contribution < 1.29 is 13.2 Å². The molecule has 2 heterocycles. The van der Waals surface area contributed by atoms with E-state index < -0.39 is 15.3 Å². The maximum Gasteiger partial charge on any atom is 0.228 e. The number of primary sulfonamides is 1. The first kappa shape index (κ1) is 13.1. The molecule has 3 N–H and O–H groups in total. The lowest BCUT2D eigenvalue weighted by molar-refractivity contribution is -0.117. The Morgan fingerprint density at radius 3 is 2.85 bits per heavy atom. The minimum Gasteiger partial charge on any atom is -0.311 e. The molecule has 0 radical (unpaired) electrons. The standard InChI is InChI=1S/C12H14N4O3S/c1-7-10-4-8(2-3-11(10)15-14-7)16-6-9(5-12(16)17)20(13,18)19/h2-4,9H,5-6H2,1H3,(H,14,15)(H2,13,18,19). The third-order valence-electron chi connectivity index (χ3n) is 3.59. The first-order valence-corrected chi connectivity index (χ1v) is 7.74. The van der Waals surface area contributed by atoms with Crippen LogP contribution in [0, 0.1) is 6.92 Å². The summed E-state index contributed by atoms with van der Waals surface area (Å²) in [6.45, 7) is 1.98. The molecule has 1 aromatic carbocycles. The van der Waals surface area contributed by atoms with Gasteiger partial charge in [-0.2, -0.15) is 5.10 Å². The van der Waals surface area contributed by atoms with Gasteiger partial charge < -0.3 is 4.90 Å². The zero-order valence-corrected chi connectivity index (χ0v) is 11.6. The van der Waals surface area contributed by atoms with Crippen LogP contribution in [-0.2, 0) is 14.8 Å². The van der Waals surface area contributed by atoms with Crippen molar-refractivity contribution >= 4 is 32.5 Å². The number of nitrogens with two attached hydrogens (primary N) is 1. The lowest BCUT2D eigenvalue weighted by Crippen LogP contribution is -2.32. The Labute approximate surface area is 115 Å². The number of sulfonamides is 1. The number of aryl methyl sites for hydroxylation is 1. The predicted molar refractivity (Wildman–Crippen MR) is 74.7 cm³/mol. The summed E-state index contributed by atoms with van der Waals surface area (Å²) in [7, 11) is -3.70. The quantitative estimate of drug-likeness (QED) is 0.828. The Morgan fingerprint density at radius 1 is 1.45 bits per heavy atom.